The average molecular weight is 290 g/mol. The number of aromatic hydroxyl groups is 1. The monoisotopic (exact) mass is 290 g/mol. The standard InChI is InChI=1S/C18H30N2O/c1-4-16-13-20(17(5-2)12-19-16)14(3)6-7-15-8-10-18(21)11-9-15/h8-11,14,16-17,19,21H,4-7,12-13H2,1-3H3. The highest BCUT2D eigenvalue weighted by molar-refractivity contribution is 5.25. The minimum Gasteiger partial charge on any atom is -0.508 e. The molecule has 3 heteroatoms. The van der Waals surface area contributed by atoms with Gasteiger partial charge in [0.1, 0.15) is 5.75 Å². The van der Waals surface area contributed by atoms with E-state index in [2.05, 4.69) is 31.0 Å². The van der Waals surface area contributed by atoms with Crippen LogP contribution >= 0.6 is 0 Å². The maximum absolute atomic E-state index is 9.35. The van der Waals surface area contributed by atoms with Crippen LogP contribution in [0.1, 0.15) is 45.6 Å². The molecule has 1 aliphatic heterocycles. The van der Waals surface area contributed by atoms with Gasteiger partial charge in [0.05, 0.1) is 0 Å². The number of rotatable bonds is 6. The van der Waals surface area contributed by atoms with Crippen molar-refractivity contribution >= 4 is 0 Å². The van der Waals surface area contributed by atoms with Crippen LogP contribution < -0.4 is 5.32 Å². The van der Waals surface area contributed by atoms with E-state index in [9.17, 15) is 5.11 Å². The van der Waals surface area contributed by atoms with Crippen molar-refractivity contribution < 1.29 is 5.11 Å². The van der Waals surface area contributed by atoms with E-state index in [-0.39, 0.29) is 0 Å². The van der Waals surface area contributed by atoms with Crippen LogP contribution in [0.2, 0.25) is 0 Å². The van der Waals surface area contributed by atoms with Crippen LogP contribution in [0.25, 0.3) is 0 Å². The van der Waals surface area contributed by atoms with E-state index in [1.54, 1.807) is 12.1 Å². The highest BCUT2D eigenvalue weighted by atomic mass is 16.3. The lowest BCUT2D eigenvalue weighted by molar-refractivity contribution is 0.0813. The van der Waals surface area contributed by atoms with Gasteiger partial charge < -0.3 is 10.4 Å². The Kier molecular flexibility index (Phi) is 6.07. The largest absolute Gasteiger partial charge is 0.508 e. The predicted octanol–water partition coefficient (Wildman–Crippen LogP) is 3.18. The molecule has 1 saturated heterocycles. The topological polar surface area (TPSA) is 35.5 Å². The lowest BCUT2D eigenvalue weighted by atomic mass is 9.99. The molecule has 1 fully saturated rings. The zero-order valence-corrected chi connectivity index (χ0v) is 13.7. The van der Waals surface area contributed by atoms with Crippen molar-refractivity contribution in [2.24, 2.45) is 0 Å². The molecule has 0 aromatic heterocycles. The summed E-state index contributed by atoms with van der Waals surface area (Å²) in [5, 5.41) is 13.0. The molecule has 2 rings (SSSR count). The van der Waals surface area contributed by atoms with Gasteiger partial charge in [0.2, 0.25) is 0 Å². The Hall–Kier alpha value is -1.06. The van der Waals surface area contributed by atoms with Gasteiger partial charge in [-0.05, 0) is 50.3 Å². The zero-order chi connectivity index (χ0) is 15.2. The molecule has 0 spiro atoms. The second-order valence-electron chi connectivity index (χ2n) is 6.33. The van der Waals surface area contributed by atoms with Crippen molar-refractivity contribution in [2.75, 3.05) is 13.1 Å². The second kappa shape index (κ2) is 7.81. The Balaban J connectivity index is 1.90. The number of phenolic OH excluding ortho intramolecular Hbond substituents is 1. The summed E-state index contributed by atoms with van der Waals surface area (Å²) in [6.45, 7) is 9.22. The van der Waals surface area contributed by atoms with Crippen LogP contribution in [0, 0.1) is 0 Å². The summed E-state index contributed by atoms with van der Waals surface area (Å²) < 4.78 is 0. The van der Waals surface area contributed by atoms with Crippen LogP contribution in [0.3, 0.4) is 0 Å². The van der Waals surface area contributed by atoms with E-state index >= 15 is 0 Å². The molecule has 0 radical (unpaired) electrons. The van der Waals surface area contributed by atoms with Crippen molar-refractivity contribution in [3.63, 3.8) is 0 Å². The number of hydrogen-bond acceptors (Lipinski definition) is 3. The van der Waals surface area contributed by atoms with Gasteiger partial charge in [-0.2, -0.15) is 0 Å². The van der Waals surface area contributed by atoms with Gasteiger partial charge in [-0.25, -0.2) is 0 Å². The lowest BCUT2D eigenvalue weighted by Crippen LogP contribution is -2.58. The van der Waals surface area contributed by atoms with Gasteiger partial charge in [0, 0.05) is 31.2 Å². The fraction of sp³-hybridized carbons (Fsp3) is 0.667. The Bertz CT molecular complexity index is 418. The van der Waals surface area contributed by atoms with Crippen molar-refractivity contribution in [1.29, 1.82) is 0 Å². The summed E-state index contributed by atoms with van der Waals surface area (Å²) in [4.78, 5) is 2.70. The van der Waals surface area contributed by atoms with Crippen molar-refractivity contribution in [2.45, 2.75) is 64.6 Å². The molecule has 1 aromatic rings. The average Bonchev–Trinajstić information content (AvgIpc) is 2.53. The van der Waals surface area contributed by atoms with Crippen molar-refractivity contribution in [3.05, 3.63) is 29.8 Å². The van der Waals surface area contributed by atoms with Crippen LogP contribution in [0.15, 0.2) is 24.3 Å². The number of nitrogens with zero attached hydrogens (tertiary/aromatic N) is 1. The molecule has 118 valence electrons. The number of benzene rings is 1. The van der Waals surface area contributed by atoms with E-state index in [0.717, 1.165) is 13.0 Å². The van der Waals surface area contributed by atoms with Gasteiger partial charge in [0.15, 0.2) is 0 Å². The van der Waals surface area contributed by atoms with Crippen LogP contribution in [-0.2, 0) is 6.42 Å². The third-order valence-corrected chi connectivity index (χ3v) is 4.86. The maximum Gasteiger partial charge on any atom is 0.115 e. The molecule has 1 aliphatic rings. The van der Waals surface area contributed by atoms with Crippen LogP contribution in [0.4, 0.5) is 0 Å². The maximum atomic E-state index is 9.35. The first-order valence-corrected chi connectivity index (χ1v) is 8.41. The molecule has 2 N–H and O–H groups in total. The van der Waals surface area contributed by atoms with Crippen LogP contribution in [-0.4, -0.2) is 41.2 Å². The molecule has 0 amide bonds. The number of hydrogen-bond donors (Lipinski definition) is 2. The molecule has 0 aliphatic carbocycles. The molecule has 0 saturated carbocycles. The van der Waals surface area contributed by atoms with E-state index in [1.807, 2.05) is 12.1 Å². The van der Waals surface area contributed by atoms with Gasteiger partial charge in [0.25, 0.3) is 0 Å². The molecular formula is C18H30N2O. The first-order valence-electron chi connectivity index (χ1n) is 8.41. The lowest BCUT2D eigenvalue weighted by Gasteiger charge is -2.43. The molecule has 0 bridgehead atoms. The summed E-state index contributed by atoms with van der Waals surface area (Å²) in [6.07, 6.45) is 4.68. The second-order valence-corrected chi connectivity index (χ2v) is 6.33. The first kappa shape index (κ1) is 16.3. The number of piperazine rings is 1. The third-order valence-electron chi connectivity index (χ3n) is 4.86. The minimum atomic E-state index is 0.353. The highest BCUT2D eigenvalue weighted by Crippen LogP contribution is 2.19. The van der Waals surface area contributed by atoms with Crippen molar-refractivity contribution in [3.8, 4) is 5.75 Å². The predicted molar refractivity (Wildman–Crippen MR) is 88.8 cm³/mol. The molecule has 1 aromatic carbocycles. The van der Waals surface area contributed by atoms with Crippen LogP contribution in [0.5, 0.6) is 5.75 Å². The van der Waals surface area contributed by atoms with Gasteiger partial charge in [-0.3, -0.25) is 4.90 Å². The Labute approximate surface area is 129 Å². The fourth-order valence-corrected chi connectivity index (χ4v) is 3.28. The third kappa shape index (κ3) is 4.45. The summed E-state index contributed by atoms with van der Waals surface area (Å²) in [7, 11) is 0. The molecule has 21 heavy (non-hydrogen) atoms. The Morgan fingerprint density at radius 1 is 1.24 bits per heavy atom. The van der Waals surface area contributed by atoms with Gasteiger partial charge >= 0.3 is 0 Å². The number of aryl methyl sites for hydroxylation is 1. The summed E-state index contributed by atoms with van der Waals surface area (Å²) in [6, 6.07) is 9.56. The SMILES string of the molecule is CCC1CN(C(C)CCc2ccc(O)cc2)C(CC)CN1. The molecule has 3 nitrogen and oxygen atoms in total. The highest BCUT2D eigenvalue weighted by Gasteiger charge is 2.28. The molecule has 1 heterocycles. The van der Waals surface area contributed by atoms with E-state index < -0.39 is 0 Å². The smallest absolute Gasteiger partial charge is 0.115 e. The summed E-state index contributed by atoms with van der Waals surface area (Å²) >= 11 is 0. The van der Waals surface area contributed by atoms with Crippen molar-refractivity contribution in [1.82, 2.24) is 10.2 Å². The quantitative estimate of drug-likeness (QED) is 0.844. The molecular weight excluding hydrogens is 260 g/mol. The summed E-state index contributed by atoms with van der Waals surface area (Å²) in [5.74, 6) is 0.353. The Morgan fingerprint density at radius 2 is 1.95 bits per heavy atom. The normalized spacial score (nSPS) is 24.9. The fourth-order valence-electron chi connectivity index (χ4n) is 3.28. The molecule has 3 unspecified atom stereocenters. The van der Waals surface area contributed by atoms with E-state index in [0.29, 0.717) is 23.9 Å². The first-order chi connectivity index (χ1) is 10.1. The van der Waals surface area contributed by atoms with Gasteiger partial charge in [-0.1, -0.05) is 26.0 Å². The zero-order valence-electron chi connectivity index (χ0n) is 13.7. The minimum absolute atomic E-state index is 0.353. The number of nitrogens with one attached hydrogen (secondary N) is 1. The van der Waals surface area contributed by atoms with Gasteiger partial charge in [-0.15, -0.1) is 0 Å². The Morgan fingerprint density at radius 3 is 2.57 bits per heavy atom. The number of phenols is 1. The van der Waals surface area contributed by atoms with E-state index in [1.165, 1.54) is 31.4 Å². The summed E-state index contributed by atoms with van der Waals surface area (Å²) in [5.41, 5.74) is 1.31. The molecule has 3 atom stereocenters. The van der Waals surface area contributed by atoms with E-state index in [4.69, 9.17) is 0 Å².